The molecule has 3 nitrogen and oxygen atoms in total. The number of H-pyrrole nitrogens is 1. The van der Waals surface area contributed by atoms with E-state index in [0.29, 0.717) is 0 Å². The second-order valence-corrected chi connectivity index (χ2v) is 4.86. The summed E-state index contributed by atoms with van der Waals surface area (Å²) in [7, 11) is 1.67. The zero-order valence-corrected chi connectivity index (χ0v) is 12.3. The van der Waals surface area contributed by atoms with E-state index in [1.165, 1.54) is 0 Å². The Hall–Kier alpha value is -2.55. The third kappa shape index (κ3) is 2.68. The highest BCUT2D eigenvalue weighted by atomic mass is 16.5. The number of imidazole rings is 1. The Kier molecular flexibility index (Phi) is 3.73. The van der Waals surface area contributed by atoms with Gasteiger partial charge in [0.1, 0.15) is 11.6 Å². The van der Waals surface area contributed by atoms with Crippen molar-refractivity contribution in [1.82, 2.24) is 9.97 Å². The van der Waals surface area contributed by atoms with Crippen molar-refractivity contribution in [3.63, 3.8) is 0 Å². The van der Waals surface area contributed by atoms with Crippen LogP contribution in [0.25, 0.3) is 22.6 Å². The van der Waals surface area contributed by atoms with E-state index in [9.17, 15) is 0 Å². The fraction of sp³-hybridized carbons (Fsp3) is 0.167. The van der Waals surface area contributed by atoms with Gasteiger partial charge in [-0.25, -0.2) is 4.98 Å². The minimum absolute atomic E-state index is 0.851. The highest BCUT2D eigenvalue weighted by molar-refractivity contribution is 5.67. The third-order valence-electron chi connectivity index (χ3n) is 3.54. The molecular formula is C18H18N2O. The number of rotatable bonds is 4. The van der Waals surface area contributed by atoms with E-state index >= 15 is 0 Å². The van der Waals surface area contributed by atoms with Gasteiger partial charge in [0.05, 0.1) is 12.8 Å². The molecule has 1 heterocycles. The molecule has 1 N–H and O–H groups in total. The summed E-state index contributed by atoms with van der Waals surface area (Å²) in [4.78, 5) is 8.21. The van der Waals surface area contributed by atoms with Crippen LogP contribution in [-0.4, -0.2) is 17.1 Å². The van der Waals surface area contributed by atoms with E-state index < -0.39 is 0 Å². The fourth-order valence-electron chi connectivity index (χ4n) is 2.39. The maximum atomic E-state index is 5.19. The van der Waals surface area contributed by atoms with Gasteiger partial charge in [-0.05, 0) is 30.7 Å². The van der Waals surface area contributed by atoms with E-state index in [0.717, 1.165) is 40.5 Å². The molecule has 106 valence electrons. The Morgan fingerprint density at radius 3 is 2.29 bits per heavy atom. The number of aromatic nitrogens is 2. The van der Waals surface area contributed by atoms with E-state index in [2.05, 4.69) is 24.0 Å². The van der Waals surface area contributed by atoms with Crippen LogP contribution in [0.15, 0.2) is 54.6 Å². The number of methoxy groups -OCH3 is 1. The van der Waals surface area contributed by atoms with Crippen molar-refractivity contribution in [2.45, 2.75) is 13.3 Å². The Morgan fingerprint density at radius 1 is 0.952 bits per heavy atom. The van der Waals surface area contributed by atoms with Gasteiger partial charge in [0.15, 0.2) is 0 Å². The molecule has 3 heteroatoms. The maximum Gasteiger partial charge on any atom is 0.138 e. The minimum Gasteiger partial charge on any atom is -0.497 e. The first-order valence-corrected chi connectivity index (χ1v) is 7.10. The van der Waals surface area contributed by atoms with Crippen molar-refractivity contribution in [3.8, 4) is 28.4 Å². The molecule has 0 aliphatic heterocycles. The van der Waals surface area contributed by atoms with Crippen molar-refractivity contribution in [2.75, 3.05) is 7.11 Å². The van der Waals surface area contributed by atoms with Crippen LogP contribution in [0.2, 0.25) is 0 Å². The van der Waals surface area contributed by atoms with Crippen LogP contribution in [0.1, 0.15) is 12.6 Å². The molecule has 0 spiro atoms. The molecule has 0 saturated heterocycles. The lowest BCUT2D eigenvalue weighted by atomic mass is 10.1. The Morgan fingerprint density at radius 2 is 1.67 bits per heavy atom. The van der Waals surface area contributed by atoms with Gasteiger partial charge in [-0.1, -0.05) is 37.3 Å². The van der Waals surface area contributed by atoms with Crippen LogP contribution in [0.4, 0.5) is 0 Å². The molecule has 0 radical (unpaired) electrons. The second-order valence-electron chi connectivity index (χ2n) is 4.86. The molecular weight excluding hydrogens is 260 g/mol. The monoisotopic (exact) mass is 278 g/mol. The first-order chi connectivity index (χ1) is 10.3. The highest BCUT2D eigenvalue weighted by Gasteiger charge is 2.11. The minimum atomic E-state index is 0.851. The second kappa shape index (κ2) is 5.83. The van der Waals surface area contributed by atoms with Crippen molar-refractivity contribution in [3.05, 3.63) is 60.3 Å². The molecule has 3 aromatic rings. The molecule has 0 atom stereocenters. The zero-order valence-electron chi connectivity index (χ0n) is 12.3. The number of nitrogens with zero attached hydrogens (tertiary/aromatic N) is 1. The average Bonchev–Trinajstić information content (AvgIpc) is 3.00. The molecule has 1 aromatic heterocycles. The molecule has 0 saturated carbocycles. The molecule has 2 aromatic carbocycles. The zero-order chi connectivity index (χ0) is 14.7. The normalized spacial score (nSPS) is 10.6. The Bertz CT molecular complexity index is 715. The number of hydrogen-bond donors (Lipinski definition) is 1. The average molecular weight is 278 g/mol. The molecule has 0 fully saturated rings. The molecule has 0 amide bonds. The molecule has 0 unspecified atom stereocenters. The smallest absolute Gasteiger partial charge is 0.138 e. The van der Waals surface area contributed by atoms with Gasteiger partial charge >= 0.3 is 0 Å². The summed E-state index contributed by atoms with van der Waals surface area (Å²) < 4.78 is 5.19. The van der Waals surface area contributed by atoms with Crippen molar-refractivity contribution >= 4 is 0 Å². The molecule has 0 aliphatic carbocycles. The lowest BCUT2D eigenvalue weighted by Crippen LogP contribution is -1.85. The summed E-state index contributed by atoms with van der Waals surface area (Å²) in [5, 5.41) is 0. The van der Waals surface area contributed by atoms with E-state index in [1.54, 1.807) is 7.11 Å². The van der Waals surface area contributed by atoms with Gasteiger partial charge in [0.2, 0.25) is 0 Å². The first kappa shape index (κ1) is 13.4. The van der Waals surface area contributed by atoms with E-state index in [1.807, 2.05) is 42.5 Å². The van der Waals surface area contributed by atoms with E-state index in [4.69, 9.17) is 9.72 Å². The summed E-state index contributed by atoms with van der Waals surface area (Å²) in [5.74, 6) is 1.75. The molecule has 3 rings (SSSR count). The summed E-state index contributed by atoms with van der Waals surface area (Å²) >= 11 is 0. The highest BCUT2D eigenvalue weighted by Crippen LogP contribution is 2.27. The predicted octanol–water partition coefficient (Wildman–Crippen LogP) is 4.31. The summed E-state index contributed by atoms with van der Waals surface area (Å²) in [6.45, 7) is 2.14. The van der Waals surface area contributed by atoms with Gasteiger partial charge < -0.3 is 9.72 Å². The van der Waals surface area contributed by atoms with Crippen molar-refractivity contribution in [1.29, 1.82) is 0 Å². The predicted molar refractivity (Wildman–Crippen MR) is 85.4 cm³/mol. The number of nitrogens with one attached hydrogen (secondary N) is 1. The summed E-state index contributed by atoms with van der Waals surface area (Å²) in [6.07, 6.45) is 0.924. The van der Waals surface area contributed by atoms with Crippen LogP contribution in [0, 0.1) is 0 Å². The number of ether oxygens (including phenoxy) is 1. The maximum absolute atomic E-state index is 5.19. The summed E-state index contributed by atoms with van der Waals surface area (Å²) in [5.41, 5.74) is 4.40. The SMILES string of the molecule is CCc1[nH]c(-c2ccc(OC)cc2)nc1-c1ccccc1. The standard InChI is InChI=1S/C18H18N2O/c1-3-16-17(13-7-5-4-6-8-13)20-18(19-16)14-9-11-15(21-2)12-10-14/h4-12H,3H2,1-2H3,(H,19,20). The Labute approximate surface area is 124 Å². The van der Waals surface area contributed by atoms with Gasteiger partial charge in [0, 0.05) is 16.8 Å². The van der Waals surface area contributed by atoms with Gasteiger partial charge in [-0.3, -0.25) is 0 Å². The van der Waals surface area contributed by atoms with Crippen LogP contribution in [0.3, 0.4) is 0 Å². The quantitative estimate of drug-likeness (QED) is 0.772. The fourth-order valence-corrected chi connectivity index (χ4v) is 2.39. The van der Waals surface area contributed by atoms with Crippen LogP contribution < -0.4 is 4.74 Å². The van der Waals surface area contributed by atoms with Gasteiger partial charge in [-0.2, -0.15) is 0 Å². The van der Waals surface area contributed by atoms with Crippen LogP contribution in [-0.2, 0) is 6.42 Å². The molecule has 21 heavy (non-hydrogen) atoms. The Balaban J connectivity index is 2.02. The van der Waals surface area contributed by atoms with E-state index in [-0.39, 0.29) is 0 Å². The largest absolute Gasteiger partial charge is 0.497 e. The lowest BCUT2D eigenvalue weighted by molar-refractivity contribution is 0.415. The number of hydrogen-bond acceptors (Lipinski definition) is 2. The molecule has 0 aliphatic rings. The van der Waals surface area contributed by atoms with Gasteiger partial charge in [0.25, 0.3) is 0 Å². The third-order valence-corrected chi connectivity index (χ3v) is 3.54. The van der Waals surface area contributed by atoms with Crippen molar-refractivity contribution < 1.29 is 4.74 Å². The lowest BCUT2D eigenvalue weighted by Gasteiger charge is -2.00. The summed E-state index contributed by atoms with van der Waals surface area (Å²) in [6, 6.07) is 18.2. The van der Waals surface area contributed by atoms with Gasteiger partial charge in [-0.15, -0.1) is 0 Å². The number of aromatic amines is 1. The first-order valence-electron chi connectivity index (χ1n) is 7.10. The van der Waals surface area contributed by atoms with Crippen molar-refractivity contribution in [2.24, 2.45) is 0 Å². The van der Waals surface area contributed by atoms with Crippen LogP contribution in [0.5, 0.6) is 5.75 Å². The molecule has 0 bridgehead atoms. The topological polar surface area (TPSA) is 37.9 Å². The number of benzene rings is 2. The van der Waals surface area contributed by atoms with Crippen LogP contribution >= 0.6 is 0 Å². The number of aryl methyl sites for hydroxylation is 1.